The Kier molecular flexibility index (Phi) is 4.06. The molecular weight excluding hydrogens is 290 g/mol. The number of anilines is 1. The van der Waals surface area contributed by atoms with Gasteiger partial charge in [0.2, 0.25) is 5.71 Å². The van der Waals surface area contributed by atoms with E-state index in [2.05, 4.69) is 20.7 Å². The van der Waals surface area contributed by atoms with Crippen LogP contribution in [0.4, 0.5) is 5.69 Å². The van der Waals surface area contributed by atoms with Crippen LogP contribution in [0.1, 0.15) is 24.1 Å². The monoisotopic (exact) mass is 307 g/mol. The number of nitrogens with one attached hydrogen (secondary N) is 3. The van der Waals surface area contributed by atoms with E-state index in [1.54, 1.807) is 6.07 Å². The number of aryl methyl sites for hydroxylation is 1. The van der Waals surface area contributed by atoms with Crippen molar-refractivity contribution in [1.82, 2.24) is 10.2 Å². The molecule has 1 heterocycles. The highest BCUT2D eigenvalue weighted by Gasteiger charge is 2.17. The number of nitrogens with zero attached hydrogens (tertiary/aromatic N) is 3. The minimum atomic E-state index is -0.361. The SMILES string of the molecule is N#C/C(=N\Nc1ccc(-c2n[nH]c3c2CCCC3)cc1)C(=N)N. The van der Waals surface area contributed by atoms with Gasteiger partial charge in [0, 0.05) is 16.8 Å². The van der Waals surface area contributed by atoms with Gasteiger partial charge in [-0.15, -0.1) is 0 Å². The zero-order valence-corrected chi connectivity index (χ0v) is 12.6. The van der Waals surface area contributed by atoms with Gasteiger partial charge in [0.25, 0.3) is 0 Å². The van der Waals surface area contributed by atoms with Gasteiger partial charge in [0.15, 0.2) is 5.84 Å². The summed E-state index contributed by atoms with van der Waals surface area (Å²) in [5.74, 6) is -0.361. The Balaban J connectivity index is 1.79. The maximum Gasteiger partial charge on any atom is 0.201 e. The molecule has 1 aromatic carbocycles. The maximum atomic E-state index is 8.80. The summed E-state index contributed by atoms with van der Waals surface area (Å²) in [6.45, 7) is 0. The lowest BCUT2D eigenvalue weighted by Gasteiger charge is -2.11. The number of aromatic amines is 1. The van der Waals surface area contributed by atoms with Crippen LogP contribution in [0.5, 0.6) is 0 Å². The summed E-state index contributed by atoms with van der Waals surface area (Å²) in [5.41, 5.74) is 13.2. The second-order valence-electron chi connectivity index (χ2n) is 5.41. The average Bonchev–Trinajstić information content (AvgIpc) is 3.00. The molecule has 1 aliphatic rings. The molecule has 23 heavy (non-hydrogen) atoms. The normalized spacial score (nSPS) is 14.0. The molecule has 1 aliphatic carbocycles. The number of H-pyrrole nitrogens is 1. The van der Waals surface area contributed by atoms with Gasteiger partial charge in [-0.05, 0) is 37.8 Å². The summed E-state index contributed by atoms with van der Waals surface area (Å²) in [6, 6.07) is 9.40. The molecule has 116 valence electrons. The summed E-state index contributed by atoms with van der Waals surface area (Å²) in [4.78, 5) is 0. The van der Waals surface area contributed by atoms with Crippen molar-refractivity contribution < 1.29 is 0 Å². The molecule has 0 fully saturated rings. The maximum absolute atomic E-state index is 8.80. The number of fused-ring (bicyclic) bond motifs is 1. The lowest BCUT2D eigenvalue weighted by atomic mass is 9.94. The third-order valence-electron chi connectivity index (χ3n) is 3.87. The first kappa shape index (κ1) is 14.8. The fourth-order valence-electron chi connectivity index (χ4n) is 2.69. The molecule has 0 saturated carbocycles. The Morgan fingerprint density at radius 3 is 2.74 bits per heavy atom. The molecule has 3 rings (SSSR count). The molecule has 0 amide bonds. The third-order valence-corrected chi connectivity index (χ3v) is 3.87. The number of hydrogen-bond donors (Lipinski definition) is 4. The van der Waals surface area contributed by atoms with Gasteiger partial charge in [-0.25, -0.2) is 0 Å². The zero-order valence-electron chi connectivity index (χ0n) is 12.6. The highest BCUT2D eigenvalue weighted by atomic mass is 15.3. The van der Waals surface area contributed by atoms with E-state index in [1.165, 1.54) is 24.1 Å². The van der Waals surface area contributed by atoms with Crippen LogP contribution >= 0.6 is 0 Å². The predicted octanol–water partition coefficient (Wildman–Crippen LogP) is 2.18. The quantitative estimate of drug-likeness (QED) is 0.392. The Morgan fingerprint density at radius 2 is 2.04 bits per heavy atom. The molecule has 2 aromatic rings. The minimum Gasteiger partial charge on any atom is -0.382 e. The van der Waals surface area contributed by atoms with Crippen LogP contribution in [0, 0.1) is 16.7 Å². The lowest BCUT2D eigenvalue weighted by Crippen LogP contribution is -2.21. The van der Waals surface area contributed by atoms with Crippen molar-refractivity contribution in [3.63, 3.8) is 0 Å². The lowest BCUT2D eigenvalue weighted by molar-refractivity contribution is 0.675. The van der Waals surface area contributed by atoms with E-state index >= 15 is 0 Å². The molecule has 0 unspecified atom stereocenters. The number of nitriles is 1. The average molecular weight is 307 g/mol. The van der Waals surface area contributed by atoms with E-state index < -0.39 is 0 Å². The molecule has 7 heteroatoms. The van der Waals surface area contributed by atoms with Gasteiger partial charge < -0.3 is 5.73 Å². The first-order chi connectivity index (χ1) is 11.2. The van der Waals surface area contributed by atoms with E-state index in [0.29, 0.717) is 5.69 Å². The first-order valence-electron chi connectivity index (χ1n) is 7.44. The Bertz CT molecular complexity index is 793. The number of aromatic nitrogens is 2. The number of benzene rings is 1. The predicted molar refractivity (Wildman–Crippen MR) is 89.3 cm³/mol. The summed E-state index contributed by atoms with van der Waals surface area (Å²) in [6.07, 6.45) is 4.55. The van der Waals surface area contributed by atoms with Gasteiger partial charge in [0.05, 0.1) is 11.4 Å². The number of hydrazone groups is 1. The zero-order chi connectivity index (χ0) is 16.2. The van der Waals surface area contributed by atoms with Gasteiger partial charge in [-0.1, -0.05) is 12.1 Å². The van der Waals surface area contributed by atoms with Crippen molar-refractivity contribution in [3.8, 4) is 17.3 Å². The molecule has 0 aliphatic heterocycles. The fraction of sp³-hybridized carbons (Fsp3) is 0.250. The van der Waals surface area contributed by atoms with Crippen LogP contribution in [0.25, 0.3) is 11.3 Å². The van der Waals surface area contributed by atoms with Crippen LogP contribution in [-0.4, -0.2) is 21.7 Å². The van der Waals surface area contributed by atoms with Crippen LogP contribution in [0.15, 0.2) is 29.4 Å². The van der Waals surface area contributed by atoms with Crippen LogP contribution in [-0.2, 0) is 12.8 Å². The van der Waals surface area contributed by atoms with E-state index in [-0.39, 0.29) is 11.5 Å². The van der Waals surface area contributed by atoms with Crippen molar-refractivity contribution in [2.45, 2.75) is 25.7 Å². The Hall–Kier alpha value is -3.14. The Morgan fingerprint density at radius 1 is 1.30 bits per heavy atom. The molecule has 0 bridgehead atoms. The second-order valence-corrected chi connectivity index (χ2v) is 5.41. The highest BCUT2D eigenvalue weighted by Crippen LogP contribution is 2.29. The van der Waals surface area contributed by atoms with Crippen LogP contribution < -0.4 is 11.2 Å². The molecule has 1 aromatic heterocycles. The van der Waals surface area contributed by atoms with Crippen molar-refractivity contribution in [3.05, 3.63) is 35.5 Å². The molecule has 7 nitrogen and oxygen atoms in total. The van der Waals surface area contributed by atoms with Gasteiger partial charge in [-0.2, -0.15) is 15.5 Å². The van der Waals surface area contributed by atoms with Crippen LogP contribution in [0.3, 0.4) is 0 Å². The highest BCUT2D eigenvalue weighted by molar-refractivity contribution is 6.45. The van der Waals surface area contributed by atoms with Crippen molar-refractivity contribution in [2.75, 3.05) is 5.43 Å². The molecule has 5 N–H and O–H groups in total. The standard InChI is InChI=1S/C16H17N7/c17-9-14(16(18)19)22-20-11-7-5-10(6-8-11)15-12-3-1-2-4-13(12)21-23-15/h5-8,20H,1-4H2,(H3,18,19)(H,21,23)/b22-14+. The van der Waals surface area contributed by atoms with E-state index in [1.807, 2.05) is 24.3 Å². The molecule has 0 saturated heterocycles. The minimum absolute atomic E-state index is 0.143. The smallest absolute Gasteiger partial charge is 0.201 e. The van der Waals surface area contributed by atoms with Gasteiger partial charge >= 0.3 is 0 Å². The molecular formula is C16H17N7. The fourth-order valence-corrected chi connectivity index (χ4v) is 2.69. The molecule has 0 spiro atoms. The largest absolute Gasteiger partial charge is 0.382 e. The van der Waals surface area contributed by atoms with Crippen molar-refractivity contribution >= 4 is 17.2 Å². The summed E-state index contributed by atoms with van der Waals surface area (Å²) >= 11 is 0. The number of nitrogens with two attached hydrogens (primary N) is 1. The number of hydrogen-bond acceptors (Lipinski definition) is 5. The topological polar surface area (TPSA) is 127 Å². The second kappa shape index (κ2) is 6.32. The number of amidine groups is 1. The summed E-state index contributed by atoms with van der Waals surface area (Å²) < 4.78 is 0. The summed E-state index contributed by atoms with van der Waals surface area (Å²) in [7, 11) is 0. The number of rotatable bonds is 4. The van der Waals surface area contributed by atoms with Crippen molar-refractivity contribution in [1.29, 1.82) is 10.7 Å². The summed E-state index contributed by atoms with van der Waals surface area (Å²) in [5, 5.41) is 27.4. The van der Waals surface area contributed by atoms with E-state index in [9.17, 15) is 0 Å². The Labute approximate surface area is 133 Å². The third kappa shape index (κ3) is 3.06. The first-order valence-corrected chi connectivity index (χ1v) is 7.44. The van der Waals surface area contributed by atoms with Crippen LogP contribution in [0.2, 0.25) is 0 Å². The molecule has 0 radical (unpaired) electrons. The van der Waals surface area contributed by atoms with Crippen molar-refractivity contribution in [2.24, 2.45) is 10.8 Å². The molecule has 0 atom stereocenters. The van der Waals surface area contributed by atoms with E-state index in [4.69, 9.17) is 16.4 Å². The van der Waals surface area contributed by atoms with Gasteiger partial charge in [0.1, 0.15) is 6.07 Å². The van der Waals surface area contributed by atoms with E-state index in [0.717, 1.165) is 24.1 Å². The van der Waals surface area contributed by atoms with Gasteiger partial charge in [-0.3, -0.25) is 15.9 Å².